The van der Waals surface area contributed by atoms with Gasteiger partial charge < -0.3 is 10.2 Å². The number of halogens is 1. The summed E-state index contributed by atoms with van der Waals surface area (Å²) in [6, 6.07) is 7.32. The lowest BCUT2D eigenvalue weighted by atomic mass is 9.88. The van der Waals surface area contributed by atoms with Crippen LogP contribution in [0.25, 0.3) is 0 Å². The molecular formula is C19H27FN2O. The molecular weight excluding hydrogens is 291 g/mol. The van der Waals surface area contributed by atoms with Crippen LogP contribution in [-0.2, 0) is 4.79 Å². The Morgan fingerprint density at radius 1 is 1.39 bits per heavy atom. The maximum atomic E-state index is 13.4. The lowest BCUT2D eigenvalue weighted by Gasteiger charge is -2.40. The summed E-state index contributed by atoms with van der Waals surface area (Å²) in [7, 11) is 0. The van der Waals surface area contributed by atoms with Crippen molar-refractivity contribution < 1.29 is 9.18 Å². The van der Waals surface area contributed by atoms with Crippen LogP contribution < -0.4 is 5.32 Å². The molecule has 1 saturated carbocycles. The van der Waals surface area contributed by atoms with E-state index < -0.39 is 0 Å². The zero-order valence-electron chi connectivity index (χ0n) is 14.1. The molecule has 1 aromatic carbocycles. The van der Waals surface area contributed by atoms with E-state index in [9.17, 15) is 9.18 Å². The summed E-state index contributed by atoms with van der Waals surface area (Å²) < 4.78 is 13.4. The van der Waals surface area contributed by atoms with Crippen LogP contribution >= 0.6 is 0 Å². The highest BCUT2D eigenvalue weighted by Crippen LogP contribution is 2.33. The van der Waals surface area contributed by atoms with E-state index in [1.807, 2.05) is 6.07 Å². The predicted octanol–water partition coefficient (Wildman–Crippen LogP) is 3.51. The van der Waals surface area contributed by atoms with E-state index in [4.69, 9.17) is 0 Å². The number of nitrogens with one attached hydrogen (secondary N) is 1. The van der Waals surface area contributed by atoms with Gasteiger partial charge in [0.2, 0.25) is 5.91 Å². The topological polar surface area (TPSA) is 32.3 Å². The van der Waals surface area contributed by atoms with Gasteiger partial charge in [-0.3, -0.25) is 4.79 Å². The lowest BCUT2D eigenvalue weighted by molar-refractivity contribution is -0.134. The standard InChI is InChI=1S/C19H27FN2O/c1-3-14-12-22(19(23)15-7-8-15)10-9-18(14)21-13(2)16-5-4-6-17(20)11-16/h4-6,11,13-15,18,21H,3,7-10,12H2,1-2H3/t13-,14-,18-/m1/s1. The number of rotatable bonds is 5. The smallest absolute Gasteiger partial charge is 0.225 e. The van der Waals surface area contributed by atoms with Crippen LogP contribution in [0.2, 0.25) is 0 Å². The second-order valence-electron chi connectivity index (χ2n) is 7.07. The Morgan fingerprint density at radius 3 is 2.83 bits per heavy atom. The Hall–Kier alpha value is -1.42. The molecule has 1 aliphatic heterocycles. The van der Waals surface area contributed by atoms with E-state index in [0.29, 0.717) is 23.8 Å². The third kappa shape index (κ3) is 3.92. The molecule has 3 rings (SSSR count). The van der Waals surface area contributed by atoms with Crippen LogP contribution in [0.1, 0.15) is 51.1 Å². The molecule has 0 aromatic heterocycles. The molecule has 1 heterocycles. The van der Waals surface area contributed by atoms with Crippen LogP contribution in [-0.4, -0.2) is 29.9 Å². The van der Waals surface area contributed by atoms with Gasteiger partial charge >= 0.3 is 0 Å². The number of piperidine rings is 1. The van der Waals surface area contributed by atoms with E-state index in [-0.39, 0.29) is 11.9 Å². The van der Waals surface area contributed by atoms with Crippen LogP contribution in [0.15, 0.2) is 24.3 Å². The lowest BCUT2D eigenvalue weighted by Crippen LogP contribution is -2.51. The van der Waals surface area contributed by atoms with Crippen molar-refractivity contribution in [3.63, 3.8) is 0 Å². The Morgan fingerprint density at radius 2 is 2.17 bits per heavy atom. The molecule has 1 N–H and O–H groups in total. The number of benzene rings is 1. The molecule has 1 amide bonds. The van der Waals surface area contributed by atoms with Gasteiger partial charge in [0.05, 0.1) is 0 Å². The number of carbonyl (C=O) groups excluding carboxylic acids is 1. The molecule has 4 heteroatoms. The van der Waals surface area contributed by atoms with Gasteiger partial charge in [-0.1, -0.05) is 25.5 Å². The van der Waals surface area contributed by atoms with Crippen molar-refractivity contribution in [2.75, 3.05) is 13.1 Å². The zero-order valence-corrected chi connectivity index (χ0v) is 14.1. The van der Waals surface area contributed by atoms with Crippen LogP contribution in [0.3, 0.4) is 0 Å². The molecule has 1 aromatic rings. The Bertz CT molecular complexity index is 558. The Balaban J connectivity index is 1.60. The monoisotopic (exact) mass is 318 g/mol. The maximum absolute atomic E-state index is 13.4. The molecule has 2 fully saturated rings. The fourth-order valence-corrected chi connectivity index (χ4v) is 3.65. The summed E-state index contributed by atoms with van der Waals surface area (Å²) in [6.45, 7) is 5.99. The molecule has 1 saturated heterocycles. The van der Waals surface area contributed by atoms with Crippen molar-refractivity contribution in [3.05, 3.63) is 35.6 Å². The number of carbonyl (C=O) groups is 1. The highest BCUT2D eigenvalue weighted by atomic mass is 19.1. The van der Waals surface area contributed by atoms with Crippen molar-refractivity contribution in [1.82, 2.24) is 10.2 Å². The van der Waals surface area contributed by atoms with E-state index >= 15 is 0 Å². The molecule has 3 atom stereocenters. The first kappa shape index (κ1) is 16.4. The zero-order chi connectivity index (χ0) is 16.4. The Labute approximate surface area is 138 Å². The van der Waals surface area contributed by atoms with Gasteiger partial charge in [-0.25, -0.2) is 4.39 Å². The molecule has 126 valence electrons. The summed E-state index contributed by atoms with van der Waals surface area (Å²) in [6.07, 6.45) is 4.19. The summed E-state index contributed by atoms with van der Waals surface area (Å²) in [5.41, 5.74) is 0.983. The third-order valence-electron chi connectivity index (χ3n) is 5.31. The van der Waals surface area contributed by atoms with Crippen LogP contribution in [0, 0.1) is 17.7 Å². The molecule has 1 aliphatic carbocycles. The normalized spacial score (nSPS) is 26.1. The van der Waals surface area contributed by atoms with E-state index in [0.717, 1.165) is 44.3 Å². The van der Waals surface area contributed by atoms with Gasteiger partial charge in [0.15, 0.2) is 0 Å². The predicted molar refractivity (Wildman–Crippen MR) is 89.4 cm³/mol. The molecule has 0 spiro atoms. The number of likely N-dealkylation sites (tertiary alicyclic amines) is 1. The van der Waals surface area contributed by atoms with E-state index in [2.05, 4.69) is 24.1 Å². The highest BCUT2D eigenvalue weighted by Gasteiger charge is 2.37. The van der Waals surface area contributed by atoms with Crippen molar-refractivity contribution in [2.45, 2.75) is 51.6 Å². The first-order valence-electron chi connectivity index (χ1n) is 8.88. The van der Waals surface area contributed by atoms with E-state index in [1.165, 1.54) is 6.07 Å². The number of hydrogen-bond donors (Lipinski definition) is 1. The average Bonchev–Trinajstić information content (AvgIpc) is 3.39. The average molecular weight is 318 g/mol. The summed E-state index contributed by atoms with van der Waals surface area (Å²) >= 11 is 0. The minimum Gasteiger partial charge on any atom is -0.342 e. The molecule has 3 nitrogen and oxygen atoms in total. The third-order valence-corrected chi connectivity index (χ3v) is 5.31. The van der Waals surface area contributed by atoms with Gasteiger partial charge in [0.25, 0.3) is 0 Å². The van der Waals surface area contributed by atoms with E-state index in [1.54, 1.807) is 12.1 Å². The van der Waals surface area contributed by atoms with Crippen molar-refractivity contribution >= 4 is 5.91 Å². The van der Waals surface area contributed by atoms with Gasteiger partial charge in [-0.05, 0) is 49.8 Å². The molecule has 2 aliphatic rings. The molecule has 23 heavy (non-hydrogen) atoms. The van der Waals surface area contributed by atoms with Gasteiger partial charge in [0, 0.05) is 31.1 Å². The van der Waals surface area contributed by atoms with Crippen LogP contribution in [0.4, 0.5) is 4.39 Å². The van der Waals surface area contributed by atoms with Gasteiger partial charge in [0.1, 0.15) is 5.82 Å². The highest BCUT2D eigenvalue weighted by molar-refractivity contribution is 5.81. The number of nitrogens with zero attached hydrogens (tertiary/aromatic N) is 1. The SMILES string of the molecule is CC[C@@H]1CN(C(=O)C2CC2)CC[C@H]1N[C@H](C)c1cccc(F)c1. The summed E-state index contributed by atoms with van der Waals surface area (Å²) in [4.78, 5) is 14.3. The second-order valence-corrected chi connectivity index (χ2v) is 7.07. The van der Waals surface area contributed by atoms with Crippen molar-refractivity contribution in [2.24, 2.45) is 11.8 Å². The molecule has 0 unspecified atom stereocenters. The largest absolute Gasteiger partial charge is 0.342 e. The van der Waals surface area contributed by atoms with Crippen molar-refractivity contribution in [1.29, 1.82) is 0 Å². The maximum Gasteiger partial charge on any atom is 0.225 e. The minimum atomic E-state index is -0.187. The van der Waals surface area contributed by atoms with Gasteiger partial charge in [-0.15, -0.1) is 0 Å². The Kier molecular flexibility index (Phi) is 5.00. The molecule has 0 bridgehead atoms. The first-order valence-corrected chi connectivity index (χ1v) is 8.88. The van der Waals surface area contributed by atoms with Crippen molar-refractivity contribution in [3.8, 4) is 0 Å². The quantitative estimate of drug-likeness (QED) is 0.901. The minimum absolute atomic E-state index is 0.121. The number of hydrogen-bond acceptors (Lipinski definition) is 2. The fraction of sp³-hybridized carbons (Fsp3) is 0.632. The first-order chi connectivity index (χ1) is 11.1. The van der Waals surface area contributed by atoms with Crippen LogP contribution in [0.5, 0.6) is 0 Å². The van der Waals surface area contributed by atoms with Gasteiger partial charge in [-0.2, -0.15) is 0 Å². The summed E-state index contributed by atoms with van der Waals surface area (Å²) in [5.74, 6) is 0.957. The molecule has 0 radical (unpaired) electrons. The number of amides is 1. The fourth-order valence-electron chi connectivity index (χ4n) is 3.65. The summed E-state index contributed by atoms with van der Waals surface area (Å²) in [5, 5.41) is 3.66. The second kappa shape index (κ2) is 7.00.